The number of hydrogen-bond donors (Lipinski definition) is 0. The van der Waals surface area contributed by atoms with E-state index in [1.165, 1.54) is 0 Å². The largest absolute Gasteiger partial charge is 0.416 e. The molecule has 0 radical (unpaired) electrons. The summed E-state index contributed by atoms with van der Waals surface area (Å²) in [6.45, 7) is 6.04. The van der Waals surface area contributed by atoms with E-state index in [4.69, 9.17) is 11.9 Å². The normalized spacial score (nSPS) is 34.3. The lowest BCUT2D eigenvalue weighted by Gasteiger charge is -2.29. The van der Waals surface area contributed by atoms with Gasteiger partial charge in [-0.1, -0.05) is 0 Å². The molecule has 1 heterocycles. The Labute approximate surface area is 62.2 Å². The lowest BCUT2D eigenvalue weighted by atomic mass is 11.9. The molecule has 9 heavy (non-hydrogen) atoms. The predicted molar refractivity (Wildman–Crippen MR) is 41.3 cm³/mol. The molecule has 1 atom stereocenters. The molecule has 0 N–H and O–H groups in total. The van der Waals surface area contributed by atoms with Crippen molar-refractivity contribution in [3.05, 3.63) is 0 Å². The lowest BCUT2D eigenvalue weighted by molar-refractivity contribution is 0.337. The summed E-state index contributed by atoms with van der Waals surface area (Å²) < 4.78 is 15.7. The Bertz CT molecular complexity index is 109. The third kappa shape index (κ3) is 2.40. The first kappa shape index (κ1) is 7.77. The Hall–Kier alpha value is 0.664. The molecule has 1 rings (SSSR count). The van der Waals surface area contributed by atoms with Gasteiger partial charge in [0, 0.05) is 0 Å². The minimum atomic E-state index is -1.75. The van der Waals surface area contributed by atoms with Gasteiger partial charge in [0.25, 0.3) is 0 Å². The molecule has 0 aromatic heterocycles. The first-order valence-corrected chi connectivity index (χ1v) is 8.37. The van der Waals surface area contributed by atoms with Crippen LogP contribution in [0.1, 0.15) is 0 Å². The fraction of sp³-hybridized carbons (Fsp3) is 1.00. The van der Waals surface area contributed by atoms with Crippen LogP contribution in [0.25, 0.3) is 0 Å². The minimum absolute atomic E-state index is 1.11. The summed E-state index contributed by atoms with van der Waals surface area (Å²) in [6.07, 6.45) is 0. The average Bonchev–Trinajstić information content (AvgIpc) is 1.60. The summed E-state index contributed by atoms with van der Waals surface area (Å²) in [6, 6.07) is 0. The molecule has 3 nitrogen and oxygen atoms in total. The van der Waals surface area contributed by atoms with E-state index < -0.39 is 17.8 Å². The second-order valence-corrected chi connectivity index (χ2v) is 8.78. The Kier molecular flexibility index (Phi) is 2.35. The van der Waals surface area contributed by atoms with Crippen LogP contribution in [0, 0.1) is 0 Å². The summed E-state index contributed by atoms with van der Waals surface area (Å²) in [5.41, 5.74) is 0. The van der Waals surface area contributed by atoms with Gasteiger partial charge in [-0.05, 0) is 19.6 Å². The van der Waals surface area contributed by atoms with Crippen molar-refractivity contribution >= 4 is 30.2 Å². The van der Waals surface area contributed by atoms with Crippen LogP contribution in [0.2, 0.25) is 19.6 Å². The second kappa shape index (κ2) is 2.73. The minimum Gasteiger partial charge on any atom is -0.416 e. The summed E-state index contributed by atoms with van der Waals surface area (Å²) in [5, 5.41) is 0. The Morgan fingerprint density at radius 2 is 2.11 bits per heavy atom. The molecule has 0 amide bonds. The zero-order chi connectivity index (χ0) is 6.91. The highest BCUT2D eigenvalue weighted by atomic mass is 32.2. The molecule has 0 aliphatic carbocycles. The van der Waals surface area contributed by atoms with Gasteiger partial charge in [0.05, 0.1) is 0 Å². The summed E-state index contributed by atoms with van der Waals surface area (Å²) in [7, 11) is -3.07. The van der Waals surface area contributed by atoms with E-state index in [1.807, 2.05) is 19.6 Å². The Morgan fingerprint density at radius 3 is 2.44 bits per heavy atom. The zero-order valence-corrected chi connectivity index (χ0v) is 8.68. The van der Waals surface area contributed by atoms with E-state index in [0.717, 1.165) is 12.3 Å². The number of hydrogen-bond acceptors (Lipinski definition) is 4. The molecule has 1 unspecified atom stereocenters. The standard InChI is InChI=1S/C3H10O3SSi2/c1-8-4-7-5-9(2,3)6-8/h8H,1-3H3. The molecule has 1 aliphatic heterocycles. The molecule has 1 saturated heterocycles. The van der Waals surface area contributed by atoms with Crippen molar-refractivity contribution in [1.29, 1.82) is 0 Å². The van der Waals surface area contributed by atoms with Gasteiger partial charge in [-0.15, -0.1) is 0 Å². The quantitative estimate of drug-likeness (QED) is 0.415. The maximum atomic E-state index is 5.49. The van der Waals surface area contributed by atoms with E-state index >= 15 is 0 Å². The molecular weight excluding hydrogens is 172 g/mol. The topological polar surface area (TPSA) is 27.7 Å². The van der Waals surface area contributed by atoms with Crippen LogP contribution in [0.5, 0.6) is 0 Å². The van der Waals surface area contributed by atoms with E-state index in [1.54, 1.807) is 0 Å². The first-order valence-electron chi connectivity index (χ1n) is 2.79. The van der Waals surface area contributed by atoms with E-state index in [-0.39, 0.29) is 0 Å². The van der Waals surface area contributed by atoms with Gasteiger partial charge in [-0.25, -0.2) is 0 Å². The van der Waals surface area contributed by atoms with Gasteiger partial charge in [-0.2, -0.15) is 0 Å². The molecule has 0 saturated carbocycles. The SMILES string of the molecule is C[SiH]1OSO[Si](C)(C)O1. The van der Waals surface area contributed by atoms with E-state index in [9.17, 15) is 0 Å². The van der Waals surface area contributed by atoms with Crippen LogP contribution in [-0.2, 0) is 11.9 Å². The highest BCUT2D eigenvalue weighted by Crippen LogP contribution is 2.24. The molecule has 0 aromatic rings. The van der Waals surface area contributed by atoms with Crippen molar-refractivity contribution in [2.24, 2.45) is 0 Å². The highest BCUT2D eigenvalue weighted by Gasteiger charge is 2.33. The average molecular weight is 182 g/mol. The van der Waals surface area contributed by atoms with Crippen molar-refractivity contribution in [3.63, 3.8) is 0 Å². The van der Waals surface area contributed by atoms with Gasteiger partial charge in [0.15, 0.2) is 0 Å². The van der Waals surface area contributed by atoms with Crippen molar-refractivity contribution in [2.45, 2.75) is 19.6 Å². The third-order valence-electron chi connectivity index (χ3n) is 0.859. The fourth-order valence-corrected chi connectivity index (χ4v) is 6.42. The van der Waals surface area contributed by atoms with Crippen LogP contribution < -0.4 is 0 Å². The van der Waals surface area contributed by atoms with Gasteiger partial charge in [0.2, 0.25) is 0 Å². The Morgan fingerprint density at radius 1 is 1.44 bits per heavy atom. The molecule has 0 aromatic carbocycles. The monoisotopic (exact) mass is 182 g/mol. The van der Waals surface area contributed by atoms with Crippen molar-refractivity contribution < 1.29 is 11.9 Å². The maximum Gasteiger partial charge on any atom is 0.339 e. The smallest absolute Gasteiger partial charge is 0.339 e. The van der Waals surface area contributed by atoms with E-state index in [2.05, 4.69) is 0 Å². The van der Waals surface area contributed by atoms with Crippen molar-refractivity contribution in [1.82, 2.24) is 0 Å². The second-order valence-electron chi connectivity index (χ2n) is 2.33. The number of rotatable bonds is 0. The van der Waals surface area contributed by atoms with Gasteiger partial charge in [-0.3, -0.25) is 0 Å². The summed E-state index contributed by atoms with van der Waals surface area (Å²) in [4.78, 5) is 0. The first-order chi connectivity index (χ1) is 4.10. The predicted octanol–water partition coefficient (Wildman–Crippen LogP) is 1.17. The van der Waals surface area contributed by atoms with Crippen LogP contribution in [0.15, 0.2) is 0 Å². The summed E-state index contributed by atoms with van der Waals surface area (Å²) >= 11 is 1.11. The van der Waals surface area contributed by atoms with Gasteiger partial charge < -0.3 is 11.9 Å². The lowest BCUT2D eigenvalue weighted by Crippen LogP contribution is -2.42. The molecule has 0 bridgehead atoms. The fourth-order valence-electron chi connectivity index (χ4n) is 0.596. The molecular formula is C3H10O3SSi2. The molecule has 54 valence electrons. The van der Waals surface area contributed by atoms with Crippen LogP contribution in [-0.4, -0.2) is 17.8 Å². The molecule has 6 heteroatoms. The van der Waals surface area contributed by atoms with Crippen LogP contribution in [0.3, 0.4) is 0 Å². The van der Waals surface area contributed by atoms with E-state index in [0.29, 0.717) is 0 Å². The highest BCUT2D eigenvalue weighted by molar-refractivity contribution is 7.91. The van der Waals surface area contributed by atoms with Crippen molar-refractivity contribution in [3.8, 4) is 0 Å². The van der Waals surface area contributed by atoms with Crippen molar-refractivity contribution in [2.75, 3.05) is 0 Å². The summed E-state index contributed by atoms with van der Waals surface area (Å²) in [5.74, 6) is 0. The molecule has 1 aliphatic rings. The maximum absolute atomic E-state index is 5.49. The van der Waals surface area contributed by atoms with Gasteiger partial charge in [0.1, 0.15) is 12.3 Å². The third-order valence-corrected chi connectivity index (χ3v) is 7.73. The van der Waals surface area contributed by atoms with Crippen LogP contribution in [0.4, 0.5) is 0 Å². The Balaban J connectivity index is 2.41. The zero-order valence-electron chi connectivity index (χ0n) is 5.71. The molecule has 1 fully saturated rings. The van der Waals surface area contributed by atoms with Gasteiger partial charge >= 0.3 is 17.8 Å². The molecule has 0 spiro atoms. The van der Waals surface area contributed by atoms with Crippen LogP contribution >= 0.6 is 12.3 Å².